The second-order valence-electron chi connectivity index (χ2n) is 7.04. The largest absolute Gasteiger partial charge is 0.360 e. The summed E-state index contributed by atoms with van der Waals surface area (Å²) in [5, 5.41) is 17.2. The van der Waals surface area contributed by atoms with E-state index in [1.54, 1.807) is 18.5 Å². The third-order valence-corrected chi connectivity index (χ3v) is 4.82. The van der Waals surface area contributed by atoms with Gasteiger partial charge in [0, 0.05) is 18.5 Å². The van der Waals surface area contributed by atoms with Crippen molar-refractivity contribution in [1.82, 2.24) is 25.5 Å². The monoisotopic (exact) mass is 401 g/mol. The molecular weight excluding hydrogens is 378 g/mol. The fourth-order valence-electron chi connectivity index (χ4n) is 3.18. The van der Waals surface area contributed by atoms with Crippen LogP contribution in [0.15, 0.2) is 67.0 Å². The standard InChI is InChI=1S/C22H23N7O/c1-14(16-8-4-3-5-9-16)26-22(30)27-20-12-19-17(13-24-20)21(29-28-19)25-15(2)18-10-6-7-11-23-18/h3-15H,1-2H3,(H2,25,28,29)(H2,24,26,27,30)/t14-,15+/m1/s1. The Morgan fingerprint density at radius 3 is 2.57 bits per heavy atom. The highest BCUT2D eigenvalue weighted by atomic mass is 16.2. The summed E-state index contributed by atoms with van der Waals surface area (Å²) in [6.45, 7) is 3.95. The van der Waals surface area contributed by atoms with E-state index in [9.17, 15) is 4.79 Å². The molecule has 3 heterocycles. The number of urea groups is 1. The molecule has 2 atom stereocenters. The zero-order valence-electron chi connectivity index (χ0n) is 16.8. The smallest absolute Gasteiger partial charge is 0.320 e. The summed E-state index contributed by atoms with van der Waals surface area (Å²) in [5.41, 5.74) is 2.72. The fourth-order valence-corrected chi connectivity index (χ4v) is 3.18. The molecular formula is C22H23N7O. The van der Waals surface area contributed by atoms with Gasteiger partial charge in [-0.1, -0.05) is 36.4 Å². The molecule has 0 spiro atoms. The van der Waals surface area contributed by atoms with Crippen molar-refractivity contribution in [1.29, 1.82) is 0 Å². The van der Waals surface area contributed by atoms with Crippen molar-refractivity contribution in [3.8, 4) is 0 Å². The number of H-pyrrole nitrogens is 1. The van der Waals surface area contributed by atoms with Crippen molar-refractivity contribution in [2.75, 3.05) is 10.6 Å². The van der Waals surface area contributed by atoms with Crippen molar-refractivity contribution >= 4 is 28.6 Å². The Bertz CT molecular complexity index is 1130. The number of carbonyl (C=O) groups excluding carboxylic acids is 1. The van der Waals surface area contributed by atoms with Gasteiger partial charge < -0.3 is 10.6 Å². The lowest BCUT2D eigenvalue weighted by molar-refractivity contribution is 0.249. The van der Waals surface area contributed by atoms with Crippen LogP contribution in [-0.4, -0.2) is 26.2 Å². The molecule has 8 nitrogen and oxygen atoms in total. The van der Waals surface area contributed by atoms with E-state index in [0.29, 0.717) is 11.6 Å². The molecule has 0 unspecified atom stereocenters. The second-order valence-corrected chi connectivity index (χ2v) is 7.04. The maximum absolute atomic E-state index is 12.3. The van der Waals surface area contributed by atoms with Gasteiger partial charge in [-0.05, 0) is 31.5 Å². The summed E-state index contributed by atoms with van der Waals surface area (Å²) < 4.78 is 0. The number of benzene rings is 1. The number of anilines is 2. The predicted molar refractivity (Wildman–Crippen MR) is 117 cm³/mol. The van der Waals surface area contributed by atoms with Gasteiger partial charge in [-0.15, -0.1) is 0 Å². The molecule has 0 aliphatic heterocycles. The van der Waals surface area contributed by atoms with Crippen LogP contribution < -0.4 is 16.0 Å². The maximum atomic E-state index is 12.3. The molecule has 8 heteroatoms. The zero-order valence-corrected chi connectivity index (χ0v) is 16.8. The lowest BCUT2D eigenvalue weighted by Crippen LogP contribution is -2.31. The van der Waals surface area contributed by atoms with Gasteiger partial charge in [0.15, 0.2) is 5.82 Å². The molecule has 0 bridgehead atoms. The molecule has 0 radical (unpaired) electrons. The first-order valence-electron chi connectivity index (χ1n) is 9.74. The van der Waals surface area contributed by atoms with Crippen molar-refractivity contribution in [3.05, 3.63) is 78.2 Å². The minimum atomic E-state index is -0.320. The molecule has 3 aromatic heterocycles. The number of fused-ring (bicyclic) bond motifs is 1. The SMILES string of the molecule is C[C@H](Nc1n[nH]c2cc(NC(=O)N[C@H](C)c3ccccc3)ncc12)c1ccccn1. The van der Waals surface area contributed by atoms with Crippen LogP contribution >= 0.6 is 0 Å². The van der Waals surface area contributed by atoms with Gasteiger partial charge in [-0.25, -0.2) is 9.78 Å². The number of pyridine rings is 2. The summed E-state index contributed by atoms with van der Waals surface area (Å²) in [7, 11) is 0. The van der Waals surface area contributed by atoms with E-state index in [4.69, 9.17) is 0 Å². The number of amides is 2. The van der Waals surface area contributed by atoms with Crippen molar-refractivity contribution in [2.24, 2.45) is 0 Å². The Balaban J connectivity index is 1.42. The van der Waals surface area contributed by atoms with Crippen LogP contribution in [0.5, 0.6) is 0 Å². The van der Waals surface area contributed by atoms with Gasteiger partial charge in [0.25, 0.3) is 0 Å². The first-order chi connectivity index (χ1) is 14.6. The fraction of sp³-hybridized carbons (Fsp3) is 0.182. The third-order valence-electron chi connectivity index (χ3n) is 4.82. The van der Waals surface area contributed by atoms with Crippen LogP contribution in [-0.2, 0) is 0 Å². The van der Waals surface area contributed by atoms with Crippen LogP contribution in [0.4, 0.5) is 16.4 Å². The molecule has 152 valence electrons. The predicted octanol–water partition coefficient (Wildman–Crippen LogP) is 4.41. The Morgan fingerprint density at radius 1 is 1.00 bits per heavy atom. The maximum Gasteiger partial charge on any atom is 0.320 e. The number of hydrogen-bond acceptors (Lipinski definition) is 5. The van der Waals surface area contributed by atoms with Gasteiger partial charge in [-0.3, -0.25) is 15.4 Å². The number of aromatic amines is 1. The van der Waals surface area contributed by atoms with E-state index < -0.39 is 0 Å². The molecule has 1 aromatic carbocycles. The van der Waals surface area contributed by atoms with E-state index in [1.165, 1.54) is 0 Å². The van der Waals surface area contributed by atoms with E-state index in [0.717, 1.165) is 22.2 Å². The molecule has 0 fully saturated rings. The van der Waals surface area contributed by atoms with E-state index in [2.05, 4.69) is 36.1 Å². The number of carbonyl (C=O) groups is 1. The quantitative estimate of drug-likeness (QED) is 0.383. The van der Waals surface area contributed by atoms with Crippen LogP contribution in [0.3, 0.4) is 0 Å². The Kier molecular flexibility index (Phi) is 5.56. The van der Waals surface area contributed by atoms with Crippen molar-refractivity contribution in [2.45, 2.75) is 25.9 Å². The van der Waals surface area contributed by atoms with Gasteiger partial charge in [-0.2, -0.15) is 5.10 Å². The minimum absolute atomic E-state index is 0.0132. The van der Waals surface area contributed by atoms with Crippen LogP contribution in [0.1, 0.15) is 37.2 Å². The number of hydrogen-bond donors (Lipinski definition) is 4. The van der Waals surface area contributed by atoms with Gasteiger partial charge in [0.1, 0.15) is 5.82 Å². The molecule has 0 saturated carbocycles. The van der Waals surface area contributed by atoms with Gasteiger partial charge in [0.05, 0.1) is 28.7 Å². The first kappa shape index (κ1) is 19.4. The number of aromatic nitrogens is 4. The Morgan fingerprint density at radius 2 is 1.80 bits per heavy atom. The first-order valence-corrected chi connectivity index (χ1v) is 9.74. The third kappa shape index (κ3) is 4.38. The van der Waals surface area contributed by atoms with Gasteiger partial charge in [0.2, 0.25) is 0 Å². The summed E-state index contributed by atoms with van der Waals surface area (Å²) in [6, 6.07) is 16.9. The molecule has 0 aliphatic rings. The normalized spacial score (nSPS) is 12.9. The average molecular weight is 401 g/mol. The summed E-state index contributed by atoms with van der Waals surface area (Å²) in [5.74, 6) is 1.12. The van der Waals surface area contributed by atoms with Crippen LogP contribution in [0.25, 0.3) is 10.9 Å². The van der Waals surface area contributed by atoms with Gasteiger partial charge >= 0.3 is 6.03 Å². The molecule has 30 heavy (non-hydrogen) atoms. The number of rotatable bonds is 6. The van der Waals surface area contributed by atoms with Crippen LogP contribution in [0.2, 0.25) is 0 Å². The van der Waals surface area contributed by atoms with Crippen molar-refractivity contribution < 1.29 is 4.79 Å². The Hall–Kier alpha value is -3.94. The van der Waals surface area contributed by atoms with Crippen LogP contribution in [0, 0.1) is 0 Å². The number of nitrogens with one attached hydrogen (secondary N) is 4. The number of nitrogens with zero attached hydrogens (tertiary/aromatic N) is 3. The summed E-state index contributed by atoms with van der Waals surface area (Å²) in [4.78, 5) is 21.0. The van der Waals surface area contributed by atoms with Crippen molar-refractivity contribution in [3.63, 3.8) is 0 Å². The molecule has 4 N–H and O–H groups in total. The second kappa shape index (κ2) is 8.60. The zero-order chi connectivity index (χ0) is 20.9. The topological polar surface area (TPSA) is 108 Å². The average Bonchev–Trinajstić information content (AvgIpc) is 3.16. The minimum Gasteiger partial charge on any atom is -0.360 e. The highest BCUT2D eigenvalue weighted by molar-refractivity contribution is 5.94. The highest BCUT2D eigenvalue weighted by Gasteiger charge is 2.14. The van der Waals surface area contributed by atoms with E-state index in [-0.39, 0.29) is 18.1 Å². The molecule has 0 saturated heterocycles. The Labute approximate surface area is 174 Å². The molecule has 2 amide bonds. The van der Waals surface area contributed by atoms with E-state index >= 15 is 0 Å². The lowest BCUT2D eigenvalue weighted by atomic mass is 10.1. The summed E-state index contributed by atoms with van der Waals surface area (Å²) in [6.07, 6.45) is 3.45. The lowest BCUT2D eigenvalue weighted by Gasteiger charge is -2.14. The molecule has 4 rings (SSSR count). The highest BCUT2D eigenvalue weighted by Crippen LogP contribution is 2.25. The molecule has 4 aromatic rings. The van der Waals surface area contributed by atoms with E-state index in [1.807, 2.05) is 62.4 Å². The molecule has 0 aliphatic carbocycles. The summed E-state index contributed by atoms with van der Waals surface area (Å²) >= 11 is 0.